The summed E-state index contributed by atoms with van der Waals surface area (Å²) >= 11 is 13.3. The average Bonchev–Trinajstić information content (AvgIpc) is 3.16. The fourth-order valence-corrected chi connectivity index (χ4v) is 3.30. The van der Waals surface area contributed by atoms with E-state index in [9.17, 15) is 8.78 Å². The Morgan fingerprint density at radius 1 is 1.20 bits per heavy atom. The first kappa shape index (κ1) is 22.3. The Balaban J connectivity index is 1.85. The van der Waals surface area contributed by atoms with Crippen LogP contribution in [0.15, 0.2) is 46.7 Å². The van der Waals surface area contributed by atoms with E-state index in [4.69, 9.17) is 32.7 Å². The second-order valence-corrected chi connectivity index (χ2v) is 7.37. The standard InChI is InChI=1S/C19H16Cl2F2N4O2S/c1-28-14-7-6-11(9-24-27-18(17(22)23)25-26-19(27)30-2)8-12(14)10-29-15-5-3-4-13(20)16(15)21/h3-9,17H,10H2,1-2H3/b24-9-. The molecule has 3 aromatic rings. The molecule has 0 unspecified atom stereocenters. The summed E-state index contributed by atoms with van der Waals surface area (Å²) in [6.45, 7) is 0.149. The largest absolute Gasteiger partial charge is 0.496 e. The molecule has 0 fully saturated rings. The SMILES string of the molecule is COc1ccc(/C=N\n2c(SC)nnc2C(F)F)cc1COc1cccc(Cl)c1Cl. The number of rotatable bonds is 8. The normalized spacial score (nSPS) is 11.4. The molecule has 0 saturated carbocycles. The number of nitrogens with zero attached hydrogens (tertiary/aromatic N) is 4. The van der Waals surface area contributed by atoms with E-state index in [0.717, 1.165) is 4.68 Å². The highest BCUT2D eigenvalue weighted by Gasteiger charge is 2.19. The van der Waals surface area contributed by atoms with Crippen LogP contribution < -0.4 is 9.47 Å². The van der Waals surface area contributed by atoms with Crippen molar-refractivity contribution in [1.82, 2.24) is 14.9 Å². The van der Waals surface area contributed by atoms with E-state index in [1.807, 2.05) is 0 Å². The number of alkyl halides is 2. The van der Waals surface area contributed by atoms with Gasteiger partial charge in [-0.05, 0) is 42.2 Å². The van der Waals surface area contributed by atoms with Crippen molar-refractivity contribution < 1.29 is 18.3 Å². The van der Waals surface area contributed by atoms with Gasteiger partial charge in [0.15, 0.2) is 0 Å². The molecule has 0 N–H and O–H groups in total. The highest BCUT2D eigenvalue weighted by atomic mass is 35.5. The van der Waals surface area contributed by atoms with Crippen LogP contribution in [0.1, 0.15) is 23.4 Å². The van der Waals surface area contributed by atoms with Gasteiger partial charge < -0.3 is 9.47 Å². The van der Waals surface area contributed by atoms with E-state index in [1.165, 1.54) is 25.1 Å². The highest BCUT2D eigenvalue weighted by molar-refractivity contribution is 7.98. The van der Waals surface area contributed by atoms with E-state index in [1.54, 1.807) is 42.7 Å². The van der Waals surface area contributed by atoms with Crippen LogP contribution in [-0.2, 0) is 6.61 Å². The van der Waals surface area contributed by atoms with Crippen molar-refractivity contribution >= 4 is 41.2 Å². The lowest BCUT2D eigenvalue weighted by Gasteiger charge is -2.12. The van der Waals surface area contributed by atoms with Crippen molar-refractivity contribution in [2.24, 2.45) is 5.10 Å². The Labute approximate surface area is 185 Å². The molecule has 0 atom stereocenters. The number of methoxy groups -OCH3 is 1. The van der Waals surface area contributed by atoms with Gasteiger partial charge in [0.2, 0.25) is 11.0 Å². The predicted molar refractivity (Wildman–Crippen MR) is 114 cm³/mol. The third-order valence-electron chi connectivity index (χ3n) is 3.94. The monoisotopic (exact) mass is 472 g/mol. The minimum absolute atomic E-state index is 0.149. The van der Waals surface area contributed by atoms with E-state index in [0.29, 0.717) is 32.7 Å². The van der Waals surface area contributed by atoms with E-state index < -0.39 is 12.2 Å². The van der Waals surface area contributed by atoms with Gasteiger partial charge in [-0.2, -0.15) is 9.78 Å². The molecule has 0 amide bonds. The molecule has 0 saturated heterocycles. The van der Waals surface area contributed by atoms with Crippen molar-refractivity contribution in [2.45, 2.75) is 18.2 Å². The van der Waals surface area contributed by atoms with Gasteiger partial charge in [-0.15, -0.1) is 10.2 Å². The van der Waals surface area contributed by atoms with Gasteiger partial charge in [-0.3, -0.25) is 0 Å². The lowest BCUT2D eigenvalue weighted by molar-refractivity contribution is 0.135. The van der Waals surface area contributed by atoms with Gasteiger partial charge in [-0.25, -0.2) is 8.78 Å². The lowest BCUT2D eigenvalue weighted by Crippen LogP contribution is -2.02. The zero-order valence-electron chi connectivity index (χ0n) is 15.9. The van der Waals surface area contributed by atoms with Crippen LogP contribution >= 0.6 is 35.0 Å². The predicted octanol–water partition coefficient (Wildman–Crippen LogP) is 5.71. The Morgan fingerprint density at radius 2 is 2.00 bits per heavy atom. The molecule has 0 spiro atoms. The second-order valence-electron chi connectivity index (χ2n) is 5.81. The van der Waals surface area contributed by atoms with Crippen molar-refractivity contribution in [3.05, 3.63) is 63.4 Å². The number of benzene rings is 2. The third-order valence-corrected chi connectivity index (χ3v) is 5.36. The van der Waals surface area contributed by atoms with Gasteiger partial charge in [0.05, 0.1) is 18.3 Å². The highest BCUT2D eigenvalue weighted by Crippen LogP contribution is 2.32. The zero-order chi connectivity index (χ0) is 21.7. The molecule has 30 heavy (non-hydrogen) atoms. The van der Waals surface area contributed by atoms with Crippen molar-refractivity contribution in [2.75, 3.05) is 13.4 Å². The number of hydrogen-bond donors (Lipinski definition) is 0. The summed E-state index contributed by atoms with van der Waals surface area (Å²) < 4.78 is 38.4. The van der Waals surface area contributed by atoms with Gasteiger partial charge in [0, 0.05) is 5.56 Å². The molecular weight excluding hydrogens is 457 g/mol. The number of hydrogen-bond acceptors (Lipinski definition) is 6. The molecule has 0 aliphatic heterocycles. The van der Waals surface area contributed by atoms with E-state index in [-0.39, 0.29) is 11.8 Å². The van der Waals surface area contributed by atoms with Gasteiger partial charge in [0.25, 0.3) is 6.43 Å². The lowest BCUT2D eigenvalue weighted by atomic mass is 10.1. The molecule has 1 aromatic heterocycles. The van der Waals surface area contributed by atoms with Gasteiger partial charge in [-0.1, -0.05) is 41.0 Å². The smallest absolute Gasteiger partial charge is 0.299 e. The number of aromatic nitrogens is 3. The Hall–Kier alpha value is -2.36. The summed E-state index contributed by atoms with van der Waals surface area (Å²) in [5, 5.41) is 12.3. The fourth-order valence-electron chi connectivity index (χ4n) is 2.52. The number of ether oxygens (including phenoxy) is 2. The maximum atomic E-state index is 13.1. The van der Waals surface area contributed by atoms with Gasteiger partial charge >= 0.3 is 0 Å². The van der Waals surface area contributed by atoms with E-state index >= 15 is 0 Å². The van der Waals surface area contributed by atoms with Crippen molar-refractivity contribution in [1.29, 1.82) is 0 Å². The molecular formula is C19H16Cl2F2N4O2S. The second kappa shape index (κ2) is 10.1. The summed E-state index contributed by atoms with van der Waals surface area (Å²) in [6.07, 6.45) is 0.345. The first-order chi connectivity index (χ1) is 14.4. The van der Waals surface area contributed by atoms with Crippen LogP contribution in [0.5, 0.6) is 11.5 Å². The fraction of sp³-hybridized carbons (Fsp3) is 0.211. The molecule has 0 radical (unpaired) electrons. The van der Waals surface area contributed by atoms with Crippen LogP contribution in [0.3, 0.4) is 0 Å². The van der Waals surface area contributed by atoms with Crippen molar-refractivity contribution in [3.8, 4) is 11.5 Å². The first-order valence-corrected chi connectivity index (χ1v) is 10.5. The van der Waals surface area contributed by atoms with Crippen molar-refractivity contribution in [3.63, 3.8) is 0 Å². The molecule has 2 aromatic carbocycles. The Kier molecular flexibility index (Phi) is 7.52. The molecule has 0 aliphatic carbocycles. The molecule has 6 nitrogen and oxygen atoms in total. The first-order valence-electron chi connectivity index (χ1n) is 8.50. The van der Waals surface area contributed by atoms with Crippen LogP contribution in [0, 0.1) is 0 Å². The van der Waals surface area contributed by atoms with Gasteiger partial charge in [0.1, 0.15) is 23.1 Å². The zero-order valence-corrected chi connectivity index (χ0v) is 18.2. The van der Waals surface area contributed by atoms with Crippen LogP contribution in [0.4, 0.5) is 8.78 Å². The molecule has 11 heteroatoms. The summed E-state index contributed by atoms with van der Waals surface area (Å²) in [5.74, 6) is 0.497. The Bertz CT molecular complexity index is 1060. The number of halogens is 4. The van der Waals surface area contributed by atoms with Crippen LogP contribution in [0.2, 0.25) is 10.0 Å². The van der Waals surface area contributed by atoms with Crippen LogP contribution in [0.25, 0.3) is 0 Å². The maximum Gasteiger partial charge on any atom is 0.299 e. The average molecular weight is 473 g/mol. The minimum atomic E-state index is -2.79. The molecule has 3 rings (SSSR count). The molecule has 1 heterocycles. The molecule has 158 valence electrons. The molecule has 0 bridgehead atoms. The summed E-state index contributed by atoms with van der Waals surface area (Å²) in [4.78, 5) is 0. The summed E-state index contributed by atoms with van der Waals surface area (Å²) in [6, 6.07) is 10.3. The summed E-state index contributed by atoms with van der Waals surface area (Å²) in [5.41, 5.74) is 1.35. The quantitative estimate of drug-likeness (QED) is 0.310. The molecule has 0 aliphatic rings. The third kappa shape index (κ3) is 5.03. The van der Waals surface area contributed by atoms with E-state index in [2.05, 4.69) is 15.3 Å². The topological polar surface area (TPSA) is 61.5 Å². The minimum Gasteiger partial charge on any atom is -0.496 e. The van der Waals surface area contributed by atoms with Crippen LogP contribution in [-0.4, -0.2) is 34.5 Å². The summed E-state index contributed by atoms with van der Waals surface area (Å²) in [7, 11) is 1.54. The Morgan fingerprint density at radius 3 is 2.70 bits per heavy atom. The maximum absolute atomic E-state index is 13.1. The number of thioether (sulfide) groups is 1.